The van der Waals surface area contributed by atoms with Gasteiger partial charge in [0.2, 0.25) is 5.91 Å². The SMILES string of the molecule is CC(C)NC(=O)CNCc1ccc2c(c1)NC(=O)CO2. The first-order chi connectivity index (χ1) is 9.54. The van der Waals surface area contributed by atoms with Gasteiger partial charge in [0.1, 0.15) is 5.75 Å². The highest BCUT2D eigenvalue weighted by molar-refractivity contribution is 5.95. The van der Waals surface area contributed by atoms with Gasteiger partial charge < -0.3 is 20.7 Å². The fourth-order valence-corrected chi connectivity index (χ4v) is 1.93. The van der Waals surface area contributed by atoms with Crippen molar-refractivity contribution in [2.45, 2.75) is 26.4 Å². The Kier molecular flexibility index (Phi) is 4.57. The summed E-state index contributed by atoms with van der Waals surface area (Å²) in [6, 6.07) is 5.71. The van der Waals surface area contributed by atoms with Crippen molar-refractivity contribution in [3.63, 3.8) is 0 Å². The Bertz CT molecular complexity index is 514. The Morgan fingerprint density at radius 2 is 2.25 bits per heavy atom. The van der Waals surface area contributed by atoms with Crippen LogP contribution in [0.5, 0.6) is 5.75 Å². The Morgan fingerprint density at radius 1 is 1.45 bits per heavy atom. The second kappa shape index (κ2) is 6.38. The van der Waals surface area contributed by atoms with Crippen LogP contribution in [0, 0.1) is 0 Å². The van der Waals surface area contributed by atoms with Crippen LogP contribution < -0.4 is 20.7 Å². The summed E-state index contributed by atoms with van der Waals surface area (Å²) in [5.74, 6) is 0.486. The van der Waals surface area contributed by atoms with Crippen molar-refractivity contribution < 1.29 is 14.3 Å². The minimum atomic E-state index is -0.154. The molecule has 1 heterocycles. The monoisotopic (exact) mass is 277 g/mol. The van der Waals surface area contributed by atoms with Crippen molar-refractivity contribution in [3.8, 4) is 5.75 Å². The van der Waals surface area contributed by atoms with Crippen LogP contribution in [0.4, 0.5) is 5.69 Å². The molecule has 1 aromatic carbocycles. The van der Waals surface area contributed by atoms with Gasteiger partial charge in [0, 0.05) is 12.6 Å². The molecule has 0 fully saturated rings. The predicted octanol–water partition coefficient (Wildman–Crippen LogP) is 0.632. The van der Waals surface area contributed by atoms with Gasteiger partial charge in [0.05, 0.1) is 12.2 Å². The maximum atomic E-state index is 11.5. The van der Waals surface area contributed by atoms with E-state index < -0.39 is 0 Å². The van der Waals surface area contributed by atoms with Crippen molar-refractivity contribution in [2.75, 3.05) is 18.5 Å². The highest BCUT2D eigenvalue weighted by Gasteiger charge is 2.15. The van der Waals surface area contributed by atoms with E-state index in [2.05, 4.69) is 16.0 Å². The summed E-state index contributed by atoms with van der Waals surface area (Å²) in [6.07, 6.45) is 0. The maximum absolute atomic E-state index is 11.5. The minimum absolute atomic E-state index is 0.0328. The number of hydrogen-bond acceptors (Lipinski definition) is 4. The number of amides is 2. The third kappa shape index (κ3) is 3.96. The van der Waals surface area contributed by atoms with Gasteiger partial charge in [-0.3, -0.25) is 9.59 Å². The molecule has 6 heteroatoms. The quantitative estimate of drug-likeness (QED) is 0.737. The number of rotatable bonds is 5. The first kappa shape index (κ1) is 14.3. The molecule has 0 radical (unpaired) electrons. The molecule has 0 aliphatic carbocycles. The molecule has 0 unspecified atom stereocenters. The lowest BCUT2D eigenvalue weighted by atomic mass is 10.1. The van der Waals surface area contributed by atoms with Crippen molar-refractivity contribution >= 4 is 17.5 Å². The Balaban J connectivity index is 1.86. The average molecular weight is 277 g/mol. The topological polar surface area (TPSA) is 79.5 Å². The van der Waals surface area contributed by atoms with Crippen LogP contribution in [-0.4, -0.2) is 31.0 Å². The van der Waals surface area contributed by atoms with E-state index in [0.29, 0.717) is 18.0 Å². The van der Waals surface area contributed by atoms with E-state index in [0.717, 1.165) is 5.56 Å². The molecule has 1 aromatic rings. The number of fused-ring (bicyclic) bond motifs is 1. The van der Waals surface area contributed by atoms with Crippen LogP contribution in [-0.2, 0) is 16.1 Å². The molecular weight excluding hydrogens is 258 g/mol. The lowest BCUT2D eigenvalue weighted by Crippen LogP contribution is -2.37. The fraction of sp³-hybridized carbons (Fsp3) is 0.429. The summed E-state index contributed by atoms with van der Waals surface area (Å²) in [6.45, 7) is 4.71. The summed E-state index contributed by atoms with van der Waals surface area (Å²) in [7, 11) is 0. The van der Waals surface area contributed by atoms with Gasteiger partial charge in [-0.25, -0.2) is 0 Å². The summed E-state index contributed by atoms with van der Waals surface area (Å²) in [4.78, 5) is 22.7. The van der Waals surface area contributed by atoms with Crippen LogP contribution >= 0.6 is 0 Å². The van der Waals surface area contributed by atoms with E-state index in [9.17, 15) is 9.59 Å². The van der Waals surface area contributed by atoms with E-state index in [-0.39, 0.29) is 31.0 Å². The molecule has 1 aliphatic heterocycles. The van der Waals surface area contributed by atoms with Gasteiger partial charge in [-0.1, -0.05) is 6.07 Å². The van der Waals surface area contributed by atoms with E-state index in [4.69, 9.17) is 4.74 Å². The van der Waals surface area contributed by atoms with Gasteiger partial charge in [-0.15, -0.1) is 0 Å². The van der Waals surface area contributed by atoms with Gasteiger partial charge >= 0.3 is 0 Å². The summed E-state index contributed by atoms with van der Waals surface area (Å²) < 4.78 is 5.28. The fourth-order valence-electron chi connectivity index (χ4n) is 1.93. The first-order valence-corrected chi connectivity index (χ1v) is 6.60. The first-order valence-electron chi connectivity index (χ1n) is 6.60. The highest BCUT2D eigenvalue weighted by atomic mass is 16.5. The number of benzene rings is 1. The Labute approximate surface area is 117 Å². The van der Waals surface area contributed by atoms with Crippen LogP contribution in [0.15, 0.2) is 18.2 Å². The molecule has 0 aromatic heterocycles. The zero-order valence-corrected chi connectivity index (χ0v) is 11.7. The van der Waals surface area contributed by atoms with Crippen LogP contribution in [0.2, 0.25) is 0 Å². The lowest BCUT2D eigenvalue weighted by Gasteiger charge is -2.18. The molecule has 0 saturated carbocycles. The molecule has 3 N–H and O–H groups in total. The standard InChI is InChI=1S/C14H19N3O3/c1-9(2)16-13(18)7-15-6-10-3-4-12-11(5-10)17-14(19)8-20-12/h3-5,9,15H,6-8H2,1-2H3,(H,16,18)(H,17,19). The van der Waals surface area contributed by atoms with E-state index in [1.165, 1.54) is 0 Å². The van der Waals surface area contributed by atoms with Gasteiger partial charge in [0.15, 0.2) is 6.61 Å². The molecule has 2 amide bonds. The average Bonchev–Trinajstić information content (AvgIpc) is 2.37. The number of anilines is 1. The third-order valence-electron chi connectivity index (χ3n) is 2.74. The molecule has 0 atom stereocenters. The maximum Gasteiger partial charge on any atom is 0.262 e. The number of ether oxygens (including phenoxy) is 1. The molecule has 20 heavy (non-hydrogen) atoms. The largest absolute Gasteiger partial charge is 0.482 e. The predicted molar refractivity (Wildman–Crippen MR) is 75.6 cm³/mol. The van der Waals surface area contributed by atoms with Gasteiger partial charge in [-0.2, -0.15) is 0 Å². The molecule has 1 aliphatic rings. The zero-order chi connectivity index (χ0) is 14.5. The van der Waals surface area contributed by atoms with Crippen molar-refractivity contribution in [1.82, 2.24) is 10.6 Å². The highest BCUT2D eigenvalue weighted by Crippen LogP contribution is 2.28. The van der Waals surface area contributed by atoms with Crippen molar-refractivity contribution in [2.24, 2.45) is 0 Å². The smallest absolute Gasteiger partial charge is 0.262 e. The van der Waals surface area contributed by atoms with E-state index in [1.807, 2.05) is 32.0 Å². The van der Waals surface area contributed by atoms with Crippen LogP contribution in [0.3, 0.4) is 0 Å². The number of carbonyl (C=O) groups excluding carboxylic acids is 2. The van der Waals surface area contributed by atoms with Gasteiger partial charge in [-0.05, 0) is 31.5 Å². The lowest BCUT2D eigenvalue weighted by molar-refractivity contribution is -0.121. The zero-order valence-electron chi connectivity index (χ0n) is 11.7. The Morgan fingerprint density at radius 3 is 3.00 bits per heavy atom. The molecule has 6 nitrogen and oxygen atoms in total. The summed E-state index contributed by atoms with van der Waals surface area (Å²) in [5.41, 5.74) is 1.65. The molecular formula is C14H19N3O3. The molecule has 0 saturated heterocycles. The molecule has 2 rings (SSSR count). The second-order valence-corrected chi connectivity index (χ2v) is 4.99. The molecule has 0 spiro atoms. The van der Waals surface area contributed by atoms with Crippen LogP contribution in [0.25, 0.3) is 0 Å². The van der Waals surface area contributed by atoms with Crippen LogP contribution in [0.1, 0.15) is 19.4 Å². The summed E-state index contributed by atoms with van der Waals surface area (Å²) >= 11 is 0. The third-order valence-corrected chi connectivity index (χ3v) is 2.74. The van der Waals surface area contributed by atoms with Crippen molar-refractivity contribution in [1.29, 1.82) is 0 Å². The summed E-state index contributed by atoms with van der Waals surface area (Å²) in [5, 5.41) is 8.62. The normalized spacial score (nSPS) is 13.4. The number of carbonyl (C=O) groups is 2. The Hall–Kier alpha value is -2.08. The number of nitrogens with one attached hydrogen (secondary N) is 3. The minimum Gasteiger partial charge on any atom is -0.482 e. The van der Waals surface area contributed by atoms with Gasteiger partial charge in [0.25, 0.3) is 5.91 Å². The second-order valence-electron chi connectivity index (χ2n) is 4.99. The number of hydrogen-bond donors (Lipinski definition) is 3. The van der Waals surface area contributed by atoms with Crippen molar-refractivity contribution in [3.05, 3.63) is 23.8 Å². The van der Waals surface area contributed by atoms with E-state index >= 15 is 0 Å². The molecule has 108 valence electrons. The van der Waals surface area contributed by atoms with E-state index in [1.54, 1.807) is 0 Å². The molecule has 0 bridgehead atoms.